The molecule has 2 aromatic rings. The lowest BCUT2D eigenvalue weighted by atomic mass is 10.1. The molecule has 1 aromatic heterocycles. The van der Waals surface area contributed by atoms with Gasteiger partial charge in [-0.3, -0.25) is 9.59 Å². The predicted molar refractivity (Wildman–Crippen MR) is 79.2 cm³/mol. The smallest absolute Gasteiger partial charge is 0.268 e. The standard InChI is InChI=1S/C16H16N2O4/c1-9(11-3-4-14-15(6-11)22-8-21-14)18-16(20)13-5-12(7-17-13)10(2)19/h3-7,9,17H,8H2,1-2H3,(H,18,20). The average molecular weight is 300 g/mol. The average Bonchev–Trinajstić information content (AvgIpc) is 3.15. The predicted octanol–water partition coefficient (Wildman–Crippen LogP) is 2.44. The lowest BCUT2D eigenvalue weighted by Crippen LogP contribution is -2.26. The molecule has 0 aliphatic carbocycles. The highest BCUT2D eigenvalue weighted by molar-refractivity contribution is 5.99. The number of aromatic nitrogens is 1. The van der Waals surface area contributed by atoms with Gasteiger partial charge < -0.3 is 19.8 Å². The molecular weight excluding hydrogens is 284 g/mol. The van der Waals surface area contributed by atoms with E-state index >= 15 is 0 Å². The van der Waals surface area contributed by atoms with Crippen LogP contribution in [0.25, 0.3) is 0 Å². The summed E-state index contributed by atoms with van der Waals surface area (Å²) in [5.41, 5.74) is 1.76. The Kier molecular flexibility index (Phi) is 3.58. The number of ketones is 1. The summed E-state index contributed by atoms with van der Waals surface area (Å²) in [5.74, 6) is 1.03. The van der Waals surface area contributed by atoms with Gasteiger partial charge in [0.05, 0.1) is 6.04 Å². The van der Waals surface area contributed by atoms with Crippen molar-refractivity contribution in [3.8, 4) is 11.5 Å². The quantitative estimate of drug-likeness (QED) is 0.850. The summed E-state index contributed by atoms with van der Waals surface area (Å²) in [4.78, 5) is 26.3. The van der Waals surface area contributed by atoms with E-state index in [1.54, 1.807) is 6.07 Å². The van der Waals surface area contributed by atoms with Crippen LogP contribution in [-0.2, 0) is 0 Å². The Morgan fingerprint density at radius 2 is 2.00 bits per heavy atom. The number of H-pyrrole nitrogens is 1. The monoisotopic (exact) mass is 300 g/mol. The van der Waals surface area contributed by atoms with Crippen LogP contribution >= 0.6 is 0 Å². The second kappa shape index (κ2) is 5.55. The van der Waals surface area contributed by atoms with Gasteiger partial charge >= 0.3 is 0 Å². The van der Waals surface area contributed by atoms with Crippen LogP contribution in [0.3, 0.4) is 0 Å². The fourth-order valence-corrected chi connectivity index (χ4v) is 2.27. The molecule has 22 heavy (non-hydrogen) atoms. The number of rotatable bonds is 4. The highest BCUT2D eigenvalue weighted by Crippen LogP contribution is 2.34. The zero-order chi connectivity index (χ0) is 15.7. The SMILES string of the molecule is CC(=O)c1c[nH]c(C(=O)NC(C)c2ccc3c(c2)OCO3)c1. The number of carbonyl (C=O) groups is 2. The van der Waals surface area contributed by atoms with E-state index in [4.69, 9.17) is 9.47 Å². The minimum atomic E-state index is -0.266. The van der Waals surface area contributed by atoms with Gasteiger partial charge in [-0.2, -0.15) is 0 Å². The topological polar surface area (TPSA) is 80.4 Å². The first-order chi connectivity index (χ1) is 10.5. The minimum Gasteiger partial charge on any atom is -0.454 e. The van der Waals surface area contributed by atoms with E-state index in [-0.39, 0.29) is 24.5 Å². The number of hydrogen-bond donors (Lipinski definition) is 2. The van der Waals surface area contributed by atoms with Crippen molar-refractivity contribution in [1.29, 1.82) is 0 Å². The molecule has 0 spiro atoms. The molecule has 0 saturated carbocycles. The maximum Gasteiger partial charge on any atom is 0.268 e. The minimum absolute atomic E-state index is 0.0841. The number of hydrogen-bond acceptors (Lipinski definition) is 4. The molecule has 1 atom stereocenters. The van der Waals surface area contributed by atoms with E-state index in [2.05, 4.69) is 10.3 Å². The van der Waals surface area contributed by atoms with Gasteiger partial charge in [-0.25, -0.2) is 0 Å². The lowest BCUT2D eigenvalue weighted by molar-refractivity contribution is 0.0935. The first kappa shape index (κ1) is 14.2. The number of benzene rings is 1. The molecule has 0 fully saturated rings. The van der Waals surface area contributed by atoms with Crippen molar-refractivity contribution in [3.05, 3.63) is 47.3 Å². The van der Waals surface area contributed by atoms with Gasteiger partial charge in [0, 0.05) is 11.8 Å². The van der Waals surface area contributed by atoms with E-state index in [9.17, 15) is 9.59 Å². The van der Waals surface area contributed by atoms with Crippen molar-refractivity contribution in [2.45, 2.75) is 19.9 Å². The second-order valence-corrected chi connectivity index (χ2v) is 5.17. The van der Waals surface area contributed by atoms with Crippen molar-refractivity contribution in [2.75, 3.05) is 6.79 Å². The Hall–Kier alpha value is -2.76. The number of ether oxygens (including phenoxy) is 2. The molecule has 3 rings (SSSR count). The number of fused-ring (bicyclic) bond motifs is 1. The number of Topliss-reactive ketones (excluding diaryl/α,β-unsaturated/α-hetero) is 1. The Bertz CT molecular complexity index is 735. The molecule has 1 amide bonds. The second-order valence-electron chi connectivity index (χ2n) is 5.17. The van der Waals surface area contributed by atoms with Gasteiger partial charge in [-0.1, -0.05) is 6.07 Å². The molecule has 0 bridgehead atoms. The number of aromatic amines is 1. The summed E-state index contributed by atoms with van der Waals surface area (Å²) in [6, 6.07) is 6.90. The van der Waals surface area contributed by atoms with E-state index in [0.29, 0.717) is 22.8 Å². The summed E-state index contributed by atoms with van der Waals surface area (Å²) >= 11 is 0. The van der Waals surface area contributed by atoms with Gasteiger partial charge in [0.25, 0.3) is 5.91 Å². The highest BCUT2D eigenvalue weighted by atomic mass is 16.7. The summed E-state index contributed by atoms with van der Waals surface area (Å²) in [7, 11) is 0. The highest BCUT2D eigenvalue weighted by Gasteiger charge is 2.18. The molecule has 2 heterocycles. The third kappa shape index (κ3) is 2.67. The lowest BCUT2D eigenvalue weighted by Gasteiger charge is -2.14. The number of amides is 1. The Balaban J connectivity index is 1.71. The normalized spacial score (nSPS) is 13.7. The van der Waals surface area contributed by atoms with Crippen molar-refractivity contribution in [2.24, 2.45) is 0 Å². The van der Waals surface area contributed by atoms with Crippen LogP contribution in [0.15, 0.2) is 30.5 Å². The summed E-state index contributed by atoms with van der Waals surface area (Å²) in [6.45, 7) is 3.56. The fraction of sp³-hybridized carbons (Fsp3) is 0.250. The van der Waals surface area contributed by atoms with Crippen LogP contribution < -0.4 is 14.8 Å². The Morgan fingerprint density at radius 3 is 2.73 bits per heavy atom. The van der Waals surface area contributed by atoms with E-state index < -0.39 is 0 Å². The van der Waals surface area contributed by atoms with Gasteiger partial charge in [-0.15, -0.1) is 0 Å². The first-order valence-electron chi connectivity index (χ1n) is 6.94. The van der Waals surface area contributed by atoms with Crippen LogP contribution in [0.1, 0.15) is 46.3 Å². The van der Waals surface area contributed by atoms with Gasteiger partial charge in [0.2, 0.25) is 6.79 Å². The zero-order valence-corrected chi connectivity index (χ0v) is 12.3. The summed E-state index contributed by atoms with van der Waals surface area (Å²) in [5, 5.41) is 2.88. The fourth-order valence-electron chi connectivity index (χ4n) is 2.27. The molecule has 1 aliphatic heterocycles. The molecular formula is C16H16N2O4. The van der Waals surface area contributed by atoms with Crippen molar-refractivity contribution >= 4 is 11.7 Å². The zero-order valence-electron chi connectivity index (χ0n) is 12.3. The molecule has 6 heteroatoms. The molecule has 1 aromatic carbocycles. The van der Waals surface area contributed by atoms with E-state index in [0.717, 1.165) is 5.56 Å². The van der Waals surface area contributed by atoms with Gasteiger partial charge in [-0.05, 0) is 37.6 Å². The number of nitrogens with one attached hydrogen (secondary N) is 2. The molecule has 6 nitrogen and oxygen atoms in total. The van der Waals surface area contributed by atoms with E-state index in [1.165, 1.54) is 13.1 Å². The molecule has 0 radical (unpaired) electrons. The summed E-state index contributed by atoms with van der Waals surface area (Å²) < 4.78 is 10.6. The first-order valence-corrected chi connectivity index (χ1v) is 6.94. The largest absolute Gasteiger partial charge is 0.454 e. The van der Waals surface area contributed by atoms with Gasteiger partial charge in [0.15, 0.2) is 17.3 Å². The maximum absolute atomic E-state index is 12.2. The van der Waals surface area contributed by atoms with Crippen molar-refractivity contribution in [3.63, 3.8) is 0 Å². The van der Waals surface area contributed by atoms with Crippen LogP contribution in [0, 0.1) is 0 Å². The van der Waals surface area contributed by atoms with E-state index in [1.807, 2.05) is 25.1 Å². The molecule has 1 unspecified atom stereocenters. The molecule has 1 aliphatic rings. The van der Waals surface area contributed by atoms with Crippen LogP contribution in [0.4, 0.5) is 0 Å². The Morgan fingerprint density at radius 1 is 1.23 bits per heavy atom. The Labute approximate surface area is 127 Å². The van der Waals surface area contributed by atoms with Crippen molar-refractivity contribution < 1.29 is 19.1 Å². The third-order valence-corrected chi connectivity index (χ3v) is 3.58. The van der Waals surface area contributed by atoms with Gasteiger partial charge in [0.1, 0.15) is 5.69 Å². The van der Waals surface area contributed by atoms with Crippen LogP contribution in [-0.4, -0.2) is 23.5 Å². The van der Waals surface area contributed by atoms with Crippen molar-refractivity contribution in [1.82, 2.24) is 10.3 Å². The molecule has 114 valence electrons. The third-order valence-electron chi connectivity index (χ3n) is 3.58. The molecule has 0 saturated heterocycles. The van der Waals surface area contributed by atoms with Crippen LogP contribution in [0.5, 0.6) is 11.5 Å². The molecule has 2 N–H and O–H groups in total. The number of carbonyl (C=O) groups excluding carboxylic acids is 2. The summed E-state index contributed by atoms with van der Waals surface area (Å²) in [6.07, 6.45) is 1.53. The van der Waals surface area contributed by atoms with Crippen LogP contribution in [0.2, 0.25) is 0 Å². The maximum atomic E-state index is 12.2.